The number of piperidine rings is 1. The van der Waals surface area contributed by atoms with E-state index < -0.39 is 0 Å². The molecule has 0 aromatic heterocycles. The maximum absolute atomic E-state index is 11.3. The fourth-order valence-corrected chi connectivity index (χ4v) is 4.32. The predicted octanol–water partition coefficient (Wildman–Crippen LogP) is 1.07. The molecular formula is C22H36N6O2. The number of phenolic OH excluding ortho intramolecular Hbond substituents is 1. The van der Waals surface area contributed by atoms with E-state index in [1.54, 1.807) is 6.07 Å². The molecule has 0 bridgehead atoms. The van der Waals surface area contributed by atoms with E-state index in [0.717, 1.165) is 89.7 Å². The van der Waals surface area contributed by atoms with E-state index >= 15 is 0 Å². The number of aromatic hydroxyl groups is 1. The number of guanidine groups is 1. The number of aliphatic imine (C=N–C) groups is 1. The van der Waals surface area contributed by atoms with Crippen LogP contribution < -0.4 is 16.0 Å². The number of phenols is 1. The number of amides is 1. The van der Waals surface area contributed by atoms with E-state index in [2.05, 4.69) is 25.0 Å². The first-order chi connectivity index (χ1) is 14.6. The number of anilines is 1. The van der Waals surface area contributed by atoms with Crippen molar-refractivity contribution in [2.45, 2.75) is 25.7 Å². The van der Waals surface area contributed by atoms with Gasteiger partial charge in [-0.3, -0.25) is 9.79 Å². The van der Waals surface area contributed by atoms with Crippen LogP contribution in [0.25, 0.3) is 0 Å². The van der Waals surface area contributed by atoms with Gasteiger partial charge in [-0.05, 0) is 57.5 Å². The Hall–Kier alpha value is -2.48. The molecule has 0 saturated carbocycles. The van der Waals surface area contributed by atoms with Gasteiger partial charge in [-0.25, -0.2) is 0 Å². The molecule has 2 aliphatic rings. The van der Waals surface area contributed by atoms with E-state index in [0.29, 0.717) is 5.75 Å². The predicted molar refractivity (Wildman–Crippen MR) is 121 cm³/mol. The Kier molecular flexibility index (Phi) is 8.19. The lowest BCUT2D eigenvalue weighted by atomic mass is 9.96. The highest BCUT2D eigenvalue weighted by molar-refractivity contribution is 5.80. The molecule has 2 heterocycles. The van der Waals surface area contributed by atoms with Gasteiger partial charge < -0.3 is 30.9 Å². The number of rotatable bonds is 7. The molecule has 0 spiro atoms. The molecule has 166 valence electrons. The number of likely N-dealkylation sites (tertiary alicyclic amines) is 1. The lowest BCUT2D eigenvalue weighted by Gasteiger charge is -2.37. The molecule has 30 heavy (non-hydrogen) atoms. The van der Waals surface area contributed by atoms with E-state index in [4.69, 9.17) is 5.73 Å². The first-order valence-corrected chi connectivity index (χ1v) is 11.1. The molecule has 2 fully saturated rings. The summed E-state index contributed by atoms with van der Waals surface area (Å²) in [5, 5.41) is 13.6. The summed E-state index contributed by atoms with van der Waals surface area (Å²) >= 11 is 0. The zero-order valence-corrected chi connectivity index (χ0v) is 18.1. The second kappa shape index (κ2) is 11.1. The van der Waals surface area contributed by atoms with E-state index in [1.165, 1.54) is 0 Å². The Morgan fingerprint density at radius 3 is 2.47 bits per heavy atom. The third-order valence-corrected chi connectivity index (χ3v) is 6.19. The van der Waals surface area contributed by atoms with Gasteiger partial charge in [0.2, 0.25) is 5.91 Å². The molecule has 0 unspecified atom stereocenters. The lowest BCUT2D eigenvalue weighted by molar-refractivity contribution is -0.123. The van der Waals surface area contributed by atoms with Gasteiger partial charge in [0.15, 0.2) is 5.96 Å². The van der Waals surface area contributed by atoms with Crippen molar-refractivity contribution in [3.8, 4) is 5.75 Å². The lowest BCUT2D eigenvalue weighted by Crippen LogP contribution is -2.52. The van der Waals surface area contributed by atoms with Crippen molar-refractivity contribution in [3.05, 3.63) is 24.3 Å². The number of hydrogen-bond donors (Lipinski definition) is 3. The summed E-state index contributed by atoms with van der Waals surface area (Å²) in [5.41, 5.74) is 6.31. The van der Waals surface area contributed by atoms with Gasteiger partial charge in [0.1, 0.15) is 5.75 Å². The SMILES string of the molecule is CN=C(NCCCCN1CCC(C(N)=O)CC1)N1CCN(c2ccccc2O)CC1. The number of piperazine rings is 1. The number of nitrogens with zero attached hydrogens (tertiary/aromatic N) is 4. The van der Waals surface area contributed by atoms with Crippen LogP contribution in [0.4, 0.5) is 5.69 Å². The van der Waals surface area contributed by atoms with Crippen LogP contribution in [-0.4, -0.2) is 86.2 Å². The number of carbonyl (C=O) groups excluding carboxylic acids is 1. The molecule has 2 saturated heterocycles. The number of nitrogens with two attached hydrogens (primary N) is 1. The number of hydrogen-bond acceptors (Lipinski definition) is 5. The summed E-state index contributed by atoms with van der Waals surface area (Å²) in [7, 11) is 1.83. The van der Waals surface area contributed by atoms with Gasteiger partial charge in [0.05, 0.1) is 5.69 Å². The first kappa shape index (κ1) is 22.2. The molecule has 1 aromatic rings. The highest BCUT2D eigenvalue weighted by Crippen LogP contribution is 2.27. The molecule has 1 aromatic carbocycles. The molecule has 2 aliphatic heterocycles. The first-order valence-electron chi connectivity index (χ1n) is 11.1. The monoisotopic (exact) mass is 416 g/mol. The summed E-state index contributed by atoms with van der Waals surface area (Å²) in [6.07, 6.45) is 4.01. The maximum Gasteiger partial charge on any atom is 0.220 e. The van der Waals surface area contributed by atoms with E-state index in [-0.39, 0.29) is 11.8 Å². The average molecular weight is 417 g/mol. The summed E-state index contributed by atoms with van der Waals surface area (Å²) in [6, 6.07) is 7.52. The standard InChI is InChI=1S/C22H36N6O2/c1-24-22(25-10-4-5-11-26-12-8-18(9-13-26)21(23)30)28-16-14-27(15-17-28)19-6-2-3-7-20(19)29/h2-3,6-7,18,29H,4-5,8-17H2,1H3,(H2,23,30)(H,24,25). The zero-order chi connectivity index (χ0) is 21.3. The van der Waals surface area contributed by atoms with Crippen molar-refractivity contribution >= 4 is 17.6 Å². The third kappa shape index (κ3) is 6.01. The Labute approximate surface area is 179 Å². The summed E-state index contributed by atoms with van der Waals surface area (Å²) < 4.78 is 0. The van der Waals surface area contributed by atoms with Gasteiger partial charge >= 0.3 is 0 Å². The minimum atomic E-state index is -0.147. The normalized spacial score (nSPS) is 19.2. The van der Waals surface area contributed by atoms with E-state index in [9.17, 15) is 9.90 Å². The fraction of sp³-hybridized carbons (Fsp3) is 0.636. The zero-order valence-electron chi connectivity index (χ0n) is 18.1. The number of primary amides is 1. The second-order valence-corrected chi connectivity index (χ2v) is 8.16. The van der Waals surface area contributed by atoms with Crippen molar-refractivity contribution in [2.75, 3.05) is 64.3 Å². The van der Waals surface area contributed by atoms with Crippen LogP contribution in [-0.2, 0) is 4.79 Å². The number of carbonyl (C=O) groups is 1. The number of para-hydroxylation sites is 2. The molecule has 4 N–H and O–H groups in total. The number of benzene rings is 1. The molecular weight excluding hydrogens is 380 g/mol. The van der Waals surface area contributed by atoms with E-state index in [1.807, 2.05) is 25.2 Å². The quantitative estimate of drug-likeness (QED) is 0.349. The maximum atomic E-state index is 11.3. The largest absolute Gasteiger partial charge is 0.506 e. The van der Waals surface area contributed by atoms with Crippen LogP contribution >= 0.6 is 0 Å². The van der Waals surface area contributed by atoms with Crippen LogP contribution in [0.3, 0.4) is 0 Å². The van der Waals surface area contributed by atoms with Crippen molar-refractivity contribution in [1.82, 2.24) is 15.1 Å². The molecule has 0 radical (unpaired) electrons. The van der Waals surface area contributed by atoms with Crippen molar-refractivity contribution < 1.29 is 9.90 Å². The van der Waals surface area contributed by atoms with Gasteiger partial charge in [0.25, 0.3) is 0 Å². The Morgan fingerprint density at radius 1 is 1.13 bits per heavy atom. The summed E-state index contributed by atoms with van der Waals surface area (Å²) in [4.78, 5) is 22.6. The summed E-state index contributed by atoms with van der Waals surface area (Å²) in [5.74, 6) is 1.21. The van der Waals surface area contributed by atoms with Gasteiger partial charge in [-0.2, -0.15) is 0 Å². The van der Waals surface area contributed by atoms with Crippen LogP contribution in [0, 0.1) is 5.92 Å². The highest BCUT2D eigenvalue weighted by Gasteiger charge is 2.23. The third-order valence-electron chi connectivity index (χ3n) is 6.19. The Balaban J connectivity index is 1.32. The molecule has 0 atom stereocenters. The van der Waals surface area contributed by atoms with Gasteiger partial charge in [-0.1, -0.05) is 12.1 Å². The molecule has 0 aliphatic carbocycles. The minimum Gasteiger partial charge on any atom is -0.506 e. The van der Waals surface area contributed by atoms with Gasteiger partial charge in [-0.15, -0.1) is 0 Å². The summed E-state index contributed by atoms with van der Waals surface area (Å²) in [6.45, 7) is 7.41. The smallest absolute Gasteiger partial charge is 0.220 e. The van der Waals surface area contributed by atoms with Crippen molar-refractivity contribution in [3.63, 3.8) is 0 Å². The number of nitrogens with one attached hydrogen (secondary N) is 1. The Bertz CT molecular complexity index is 709. The van der Waals surface area contributed by atoms with Crippen LogP contribution in [0.5, 0.6) is 5.75 Å². The molecule has 8 nitrogen and oxygen atoms in total. The minimum absolute atomic E-state index is 0.0672. The Morgan fingerprint density at radius 2 is 1.83 bits per heavy atom. The molecule has 8 heteroatoms. The van der Waals surface area contributed by atoms with Gasteiger partial charge in [0, 0.05) is 45.7 Å². The average Bonchev–Trinajstić information content (AvgIpc) is 2.77. The highest BCUT2D eigenvalue weighted by atomic mass is 16.3. The van der Waals surface area contributed by atoms with Crippen molar-refractivity contribution in [1.29, 1.82) is 0 Å². The van der Waals surface area contributed by atoms with Crippen LogP contribution in [0.2, 0.25) is 0 Å². The number of unbranched alkanes of at least 4 members (excludes halogenated alkanes) is 1. The second-order valence-electron chi connectivity index (χ2n) is 8.16. The van der Waals surface area contributed by atoms with Crippen molar-refractivity contribution in [2.24, 2.45) is 16.6 Å². The topological polar surface area (TPSA) is 97.4 Å². The van der Waals surface area contributed by atoms with Crippen LogP contribution in [0.1, 0.15) is 25.7 Å². The fourth-order valence-electron chi connectivity index (χ4n) is 4.32. The molecule has 1 amide bonds. The van der Waals surface area contributed by atoms with Crippen LogP contribution in [0.15, 0.2) is 29.3 Å². The molecule has 3 rings (SSSR count).